The number of carbonyl (C=O) groups excluding carboxylic acids is 12. The molecular weight excluding hydrogens is 1290 g/mol. The lowest BCUT2D eigenvalue weighted by Crippen LogP contribution is -2.61. The zero-order valence-electron chi connectivity index (χ0n) is 58.9. The highest BCUT2D eigenvalue weighted by molar-refractivity contribution is 6.30. The first-order valence-corrected chi connectivity index (χ1v) is 33.6. The third kappa shape index (κ3) is 24.0. The fourth-order valence-corrected chi connectivity index (χ4v) is 11.4. The number of likely N-dealkylation sites (N-methyl/N-ethyl adjacent to an activating group) is 7. The maximum absolute atomic E-state index is 15.2. The van der Waals surface area contributed by atoms with E-state index in [0.29, 0.717) is 54.9 Å². The first kappa shape index (κ1) is 81.5. The molecule has 2 aliphatic heterocycles. The molecule has 2 fully saturated rings. The molecule has 29 heteroatoms. The van der Waals surface area contributed by atoms with Crippen LogP contribution < -0.4 is 21.3 Å². The van der Waals surface area contributed by atoms with E-state index in [1.807, 2.05) is 6.92 Å². The summed E-state index contributed by atoms with van der Waals surface area (Å²) < 4.78 is 46.9. The normalized spacial score (nSPS) is 23.9. The van der Waals surface area contributed by atoms with Crippen LogP contribution in [0.15, 0.2) is 48.5 Å². The van der Waals surface area contributed by atoms with Crippen molar-refractivity contribution in [2.24, 2.45) is 17.8 Å². The molecule has 0 aliphatic carbocycles. The van der Waals surface area contributed by atoms with Gasteiger partial charge in [-0.15, -0.1) is 0 Å². The maximum Gasteiger partial charge on any atom is 0.416 e. The average molecular weight is 1390 g/mol. The third-order valence-electron chi connectivity index (χ3n) is 17.8. The molecule has 0 bridgehead atoms. The largest absolute Gasteiger partial charge is 0.416 e. The van der Waals surface area contributed by atoms with Crippen molar-refractivity contribution in [1.82, 2.24) is 60.5 Å². The number of ether oxygens (including phenoxy) is 1. The molecule has 9 atom stereocenters. The van der Waals surface area contributed by atoms with Gasteiger partial charge in [0.25, 0.3) is 0 Å². The van der Waals surface area contributed by atoms with Crippen LogP contribution >= 0.6 is 11.6 Å². The summed E-state index contributed by atoms with van der Waals surface area (Å²) in [5.41, 5.74) is -0.0264. The Hall–Kier alpha value is -7.88. The van der Waals surface area contributed by atoms with Gasteiger partial charge in [-0.1, -0.05) is 90.8 Å². The number of alkyl halides is 3. The van der Waals surface area contributed by atoms with Gasteiger partial charge in [-0.3, -0.25) is 57.5 Å². The molecule has 2 saturated heterocycles. The molecule has 2 aromatic carbocycles. The lowest BCUT2D eigenvalue weighted by Gasteiger charge is -2.37. The van der Waals surface area contributed by atoms with Crippen LogP contribution in [0.2, 0.25) is 5.02 Å². The van der Waals surface area contributed by atoms with Gasteiger partial charge in [0, 0.05) is 80.5 Å². The minimum Gasteiger partial charge on any atom is -0.379 e. The van der Waals surface area contributed by atoms with E-state index < -0.39 is 163 Å². The first-order chi connectivity index (χ1) is 45.4. The predicted molar refractivity (Wildman–Crippen MR) is 357 cm³/mol. The number of benzene rings is 2. The number of amides is 12. The summed E-state index contributed by atoms with van der Waals surface area (Å²) >= 11 is 6.21. The van der Waals surface area contributed by atoms with Crippen molar-refractivity contribution in [3.05, 3.63) is 70.2 Å². The molecule has 4 rings (SSSR count). The van der Waals surface area contributed by atoms with Crippen LogP contribution in [0.5, 0.6) is 0 Å². The summed E-state index contributed by atoms with van der Waals surface area (Å²) in [7, 11) is 9.30. The van der Waals surface area contributed by atoms with Gasteiger partial charge in [-0.25, -0.2) is 0 Å². The highest BCUT2D eigenvalue weighted by Crippen LogP contribution is 2.30. The second-order valence-electron chi connectivity index (χ2n) is 26.5. The molecule has 0 radical (unpaired) electrons. The molecule has 2 aromatic rings. The molecule has 97 heavy (non-hydrogen) atoms. The number of carbonyl (C=O) groups is 12. The fourth-order valence-electron chi connectivity index (χ4n) is 11.3. The highest BCUT2D eigenvalue weighted by atomic mass is 35.5. The zero-order chi connectivity index (χ0) is 72.9. The molecule has 2 aliphatic rings. The Morgan fingerprint density at radius 2 is 1.15 bits per heavy atom. The molecule has 0 spiro atoms. The Bertz CT molecular complexity index is 3060. The van der Waals surface area contributed by atoms with Gasteiger partial charge >= 0.3 is 6.18 Å². The number of hydrogen-bond acceptors (Lipinski definition) is 13. The van der Waals surface area contributed by atoms with Crippen molar-refractivity contribution in [1.29, 1.82) is 0 Å². The SMILES string of the molecule is CCCOC[C@H]1C(=O)N(C)[C@@H](CC(C)C)C(=O)N[C@H](C(=O)N2CCCC2)CC(=O)N(C)[C@@H](C)C(=O)N[C@@H]([C@@H](C)CC)C(=O)N(C)CC(=O)N(C)CC(=O)N(C)[C@H](Cc2ccc(Cl)cc2)C(=O)N(C)CC(=O)N[C@H](CCc2ccc(C(F)(F)F)cc2)C(=O)N[C@H](CC(C)C)C(=O)N1C. The van der Waals surface area contributed by atoms with Crippen LogP contribution in [0.25, 0.3) is 0 Å². The standard InChI is InChI=1S/C68H102ClF3N12O13/c1-16-32-97-40-54-66(95)82(14)52(34-42(5)6)62(91)75-51(64(93)84-30-18-19-31-84)36-56(86)80(12)44(8)60(89)76-59(43(7)17-2)67(96)79(11)38-57(87)77(9)39-58(88)81(13)53(35-46-22-27-48(69)28-23-46)65(94)78(10)37-55(85)73-49(29-24-45-20-25-47(26-21-45)68(70,71)72)61(90)74-50(33-41(3)4)63(92)83(54)15/h20-23,25-28,41-44,49-54,59H,16-19,24,29-40H2,1-15H3,(H,73,85)(H,74,90)(H,75,91)(H,76,89)/t43-,44-,49+,50+,51-,52-,53+,54-,59-/m0/s1. The smallest absolute Gasteiger partial charge is 0.379 e. The van der Waals surface area contributed by atoms with E-state index in [4.69, 9.17) is 16.3 Å². The van der Waals surface area contributed by atoms with Crippen molar-refractivity contribution >= 4 is 82.5 Å². The van der Waals surface area contributed by atoms with E-state index in [9.17, 15) is 61.1 Å². The number of likely N-dealkylation sites (tertiary alicyclic amines) is 1. The number of aryl methyl sites for hydroxylation is 1. The lowest BCUT2D eigenvalue weighted by atomic mass is 9.97. The van der Waals surface area contributed by atoms with Crippen LogP contribution in [0.4, 0.5) is 13.2 Å². The van der Waals surface area contributed by atoms with E-state index >= 15 is 9.59 Å². The number of hydrogen-bond donors (Lipinski definition) is 4. The lowest BCUT2D eigenvalue weighted by molar-refractivity contribution is -0.152. The number of rotatable bonds is 16. The summed E-state index contributed by atoms with van der Waals surface area (Å²) in [5, 5.41) is 11.3. The topological polar surface area (TPSA) is 288 Å². The third-order valence-corrected chi connectivity index (χ3v) is 18.1. The van der Waals surface area contributed by atoms with Crippen molar-refractivity contribution in [2.75, 3.05) is 95.3 Å². The molecular formula is C68H102ClF3N12O13. The Labute approximate surface area is 573 Å². The van der Waals surface area contributed by atoms with E-state index in [1.54, 1.807) is 65.8 Å². The second-order valence-corrected chi connectivity index (χ2v) is 27.0. The molecule has 540 valence electrons. The quantitative estimate of drug-likeness (QED) is 0.174. The van der Waals surface area contributed by atoms with E-state index in [-0.39, 0.29) is 57.2 Å². The van der Waals surface area contributed by atoms with Crippen molar-refractivity contribution in [3.63, 3.8) is 0 Å². The van der Waals surface area contributed by atoms with Crippen LogP contribution in [-0.2, 0) is 81.3 Å². The van der Waals surface area contributed by atoms with Gasteiger partial charge in [0.1, 0.15) is 48.3 Å². The molecule has 12 amide bonds. The maximum atomic E-state index is 15.2. The average Bonchev–Trinajstić information content (AvgIpc) is 1.56. The van der Waals surface area contributed by atoms with Crippen molar-refractivity contribution < 1.29 is 75.4 Å². The van der Waals surface area contributed by atoms with Crippen LogP contribution in [0.1, 0.15) is 123 Å². The summed E-state index contributed by atoms with van der Waals surface area (Å²) in [6.45, 7) is 12.4. The second kappa shape index (κ2) is 37.7. The predicted octanol–water partition coefficient (Wildman–Crippen LogP) is 3.77. The fraction of sp³-hybridized carbons (Fsp3) is 0.647. The molecule has 0 unspecified atom stereocenters. The monoisotopic (exact) mass is 1390 g/mol. The highest BCUT2D eigenvalue weighted by Gasteiger charge is 2.42. The van der Waals surface area contributed by atoms with Gasteiger partial charge in [-0.2, -0.15) is 13.2 Å². The zero-order valence-corrected chi connectivity index (χ0v) is 59.6. The van der Waals surface area contributed by atoms with Gasteiger partial charge in [-0.05, 0) is 105 Å². The summed E-state index contributed by atoms with van der Waals surface area (Å²) in [5.74, 6) is -10.2. The van der Waals surface area contributed by atoms with E-state index in [1.165, 1.54) is 73.3 Å². The molecule has 0 saturated carbocycles. The van der Waals surface area contributed by atoms with E-state index in [0.717, 1.165) is 46.4 Å². The Kier molecular flexibility index (Phi) is 31.7. The van der Waals surface area contributed by atoms with Gasteiger partial charge in [0.15, 0.2) is 0 Å². The van der Waals surface area contributed by atoms with Gasteiger partial charge in [0.05, 0.1) is 38.2 Å². The van der Waals surface area contributed by atoms with Crippen molar-refractivity contribution in [3.8, 4) is 0 Å². The minimum absolute atomic E-state index is 0.0242. The molecule has 25 nitrogen and oxygen atoms in total. The van der Waals surface area contributed by atoms with Crippen molar-refractivity contribution in [2.45, 2.75) is 174 Å². The Balaban J connectivity index is 1.89. The number of nitrogens with zero attached hydrogens (tertiary/aromatic N) is 8. The minimum atomic E-state index is -4.65. The van der Waals surface area contributed by atoms with Crippen LogP contribution in [-0.4, -0.2) is 254 Å². The molecule has 0 aromatic heterocycles. The van der Waals surface area contributed by atoms with Gasteiger partial charge < -0.3 is 65.2 Å². The first-order valence-electron chi connectivity index (χ1n) is 33.2. The summed E-state index contributed by atoms with van der Waals surface area (Å²) in [6.07, 6.45) is -3.53. The van der Waals surface area contributed by atoms with Crippen LogP contribution in [0.3, 0.4) is 0 Å². The molecule has 4 N–H and O–H groups in total. The van der Waals surface area contributed by atoms with Crippen LogP contribution in [0, 0.1) is 17.8 Å². The number of nitrogens with one attached hydrogen (secondary N) is 4. The van der Waals surface area contributed by atoms with E-state index in [2.05, 4.69) is 21.3 Å². The Morgan fingerprint density at radius 1 is 0.588 bits per heavy atom. The Morgan fingerprint density at radius 3 is 1.72 bits per heavy atom. The summed E-state index contributed by atoms with van der Waals surface area (Å²) in [6, 6.07) is -0.415. The molecule has 2 heterocycles. The summed E-state index contributed by atoms with van der Waals surface area (Å²) in [4.78, 5) is 184. The number of halogens is 4. The van der Waals surface area contributed by atoms with Gasteiger partial charge in [0.2, 0.25) is 70.9 Å².